The zero-order chi connectivity index (χ0) is 39.3. The van der Waals surface area contributed by atoms with E-state index in [1.165, 1.54) is 14.2 Å². The van der Waals surface area contributed by atoms with E-state index in [2.05, 4.69) is 77.7 Å². The third kappa shape index (κ3) is 13.2. The summed E-state index contributed by atoms with van der Waals surface area (Å²) in [6, 6.07) is -0.146. The molecule has 0 radical (unpaired) electrons. The minimum atomic E-state index is -1.94. The quantitative estimate of drug-likeness (QED) is 0.0837. The third-order valence-electron chi connectivity index (χ3n) is 12.1. The van der Waals surface area contributed by atoms with Crippen LogP contribution in [0.1, 0.15) is 106 Å². The first-order valence-electron chi connectivity index (χ1n) is 19.8. The van der Waals surface area contributed by atoms with Crippen LogP contribution in [0.4, 0.5) is 9.59 Å². The van der Waals surface area contributed by atoms with Gasteiger partial charge in [0.05, 0.1) is 51.6 Å². The van der Waals surface area contributed by atoms with Gasteiger partial charge in [0.15, 0.2) is 16.6 Å². The van der Waals surface area contributed by atoms with Crippen molar-refractivity contribution in [1.82, 2.24) is 20.0 Å². The number of methoxy groups -OCH3 is 4. The molecular formula is C38H78N4O8Si2. The Morgan fingerprint density at radius 2 is 0.981 bits per heavy atom. The van der Waals surface area contributed by atoms with Crippen molar-refractivity contribution in [2.24, 2.45) is 0 Å². The minimum Gasteiger partial charge on any atom is -0.452 e. The Morgan fingerprint density at radius 1 is 0.635 bits per heavy atom. The maximum Gasteiger partial charge on any atom is 0.424 e. The molecule has 0 saturated carbocycles. The Labute approximate surface area is 319 Å². The van der Waals surface area contributed by atoms with E-state index in [4.69, 9.17) is 27.8 Å². The molecule has 0 spiro atoms. The Kier molecular flexibility index (Phi) is 19.1. The van der Waals surface area contributed by atoms with Crippen LogP contribution in [0.5, 0.6) is 0 Å². The average Bonchev–Trinajstić information content (AvgIpc) is 3.71. The summed E-state index contributed by atoms with van der Waals surface area (Å²) >= 11 is 0. The summed E-state index contributed by atoms with van der Waals surface area (Å²) in [6.07, 6.45) is 7.59. The lowest BCUT2D eigenvalue weighted by atomic mass is 9.98. The van der Waals surface area contributed by atoms with Gasteiger partial charge in [0.1, 0.15) is 0 Å². The predicted molar refractivity (Wildman–Crippen MR) is 213 cm³/mol. The molecular weight excluding hydrogens is 697 g/mol. The molecule has 306 valence electrons. The molecule has 2 heterocycles. The second-order valence-corrected chi connectivity index (χ2v) is 27.5. The molecule has 52 heavy (non-hydrogen) atoms. The van der Waals surface area contributed by atoms with Crippen molar-refractivity contribution in [1.29, 1.82) is 0 Å². The topological polar surface area (TPSA) is 102 Å². The van der Waals surface area contributed by atoms with Gasteiger partial charge in [0, 0.05) is 40.5 Å². The predicted octanol–water partition coefficient (Wildman–Crippen LogP) is 8.30. The fourth-order valence-electron chi connectivity index (χ4n) is 6.93. The van der Waals surface area contributed by atoms with E-state index >= 15 is 0 Å². The first-order chi connectivity index (χ1) is 24.3. The Morgan fingerprint density at radius 3 is 1.27 bits per heavy atom. The molecule has 12 nitrogen and oxygen atoms in total. The van der Waals surface area contributed by atoms with Crippen molar-refractivity contribution in [2.75, 3.05) is 68.0 Å². The van der Waals surface area contributed by atoms with Gasteiger partial charge in [0.25, 0.3) is 0 Å². The van der Waals surface area contributed by atoms with Crippen molar-refractivity contribution < 1.29 is 37.4 Å². The number of carbonyl (C=O) groups excluding carboxylic acids is 2. The fourth-order valence-corrected chi connectivity index (χ4v) is 9.11. The Hall–Kier alpha value is -1.27. The van der Waals surface area contributed by atoms with Crippen molar-refractivity contribution in [2.45, 2.75) is 166 Å². The van der Waals surface area contributed by atoms with Gasteiger partial charge in [0.2, 0.25) is 0 Å². The van der Waals surface area contributed by atoms with Gasteiger partial charge in [-0.3, -0.25) is 0 Å². The summed E-state index contributed by atoms with van der Waals surface area (Å²) in [5.41, 5.74) is 0. The molecule has 2 amide bonds. The standard InChI is InChI=1S/C38H78N4O8Si2/c1-37(2,3)51(11,12)49-27-17-21-31(41(35(43)47-9)39-25-15-19-33(39)29-45-7)23-24-32(22-18-28-50-52(13,14)38(4,5)6)42(36(44)48-10)40-26-16-20-34(40)30-46-8/h31-34H,15-30H2,1-14H3/t31-,32-,33+,34+/m1/s1. The van der Waals surface area contributed by atoms with E-state index < -0.39 is 16.6 Å². The lowest BCUT2D eigenvalue weighted by Crippen LogP contribution is -2.57. The van der Waals surface area contributed by atoms with Gasteiger partial charge in [-0.25, -0.2) is 29.6 Å². The van der Waals surface area contributed by atoms with Crippen LogP contribution in [0.3, 0.4) is 0 Å². The maximum atomic E-state index is 13.7. The lowest BCUT2D eigenvalue weighted by Gasteiger charge is -2.43. The average molecular weight is 775 g/mol. The van der Waals surface area contributed by atoms with E-state index in [0.29, 0.717) is 39.3 Å². The van der Waals surface area contributed by atoms with Crippen molar-refractivity contribution in [3.05, 3.63) is 0 Å². The number of hydrazine groups is 2. The third-order valence-corrected chi connectivity index (χ3v) is 21.2. The van der Waals surface area contributed by atoms with Crippen LogP contribution in [-0.2, 0) is 27.8 Å². The van der Waals surface area contributed by atoms with Gasteiger partial charge in [-0.15, -0.1) is 0 Å². The molecule has 2 aliphatic heterocycles. The molecule has 0 N–H and O–H groups in total. The van der Waals surface area contributed by atoms with Crippen LogP contribution in [0.15, 0.2) is 0 Å². The molecule has 2 fully saturated rings. The second kappa shape index (κ2) is 21.1. The number of amides is 2. The largest absolute Gasteiger partial charge is 0.452 e. The summed E-state index contributed by atoms with van der Waals surface area (Å²) in [5, 5.41) is 8.30. The number of carbonyl (C=O) groups is 2. The highest BCUT2D eigenvalue weighted by molar-refractivity contribution is 6.74. The summed E-state index contributed by atoms with van der Waals surface area (Å²) < 4.78 is 35.3. The highest BCUT2D eigenvalue weighted by Gasteiger charge is 2.42. The van der Waals surface area contributed by atoms with Crippen LogP contribution in [0.2, 0.25) is 36.3 Å². The Bertz CT molecular complexity index is 989. The molecule has 2 rings (SSSR count). The highest BCUT2D eigenvalue weighted by Crippen LogP contribution is 2.38. The number of nitrogens with zero attached hydrogens (tertiary/aromatic N) is 4. The summed E-state index contributed by atoms with van der Waals surface area (Å²) in [6.45, 7) is 26.5. The zero-order valence-corrected chi connectivity index (χ0v) is 37.7. The van der Waals surface area contributed by atoms with E-state index in [-0.39, 0.29) is 46.4 Å². The molecule has 0 unspecified atom stereocenters. The van der Waals surface area contributed by atoms with Gasteiger partial charge in [-0.1, -0.05) is 41.5 Å². The van der Waals surface area contributed by atoms with E-state index in [9.17, 15) is 9.59 Å². The van der Waals surface area contributed by atoms with E-state index in [1.807, 2.05) is 10.0 Å². The molecule has 0 aromatic carbocycles. The number of hydrogen-bond acceptors (Lipinski definition) is 10. The zero-order valence-electron chi connectivity index (χ0n) is 35.7. The smallest absolute Gasteiger partial charge is 0.424 e. The van der Waals surface area contributed by atoms with Crippen molar-refractivity contribution >= 4 is 28.8 Å². The van der Waals surface area contributed by atoms with Crippen LogP contribution < -0.4 is 0 Å². The minimum absolute atomic E-state index is 0.0873. The summed E-state index contributed by atoms with van der Waals surface area (Å²) in [7, 11) is 2.47. The SMILES string of the molecule is COC[C@@H]1CCCN1N(C(=O)OC)[C@H](CCCO[Si](C)(C)C(C)(C)C)CC[C@@H](CCCO[Si](C)(C)C(C)(C)C)N(C(=O)OC)N1CCC[C@H]1COC. The fraction of sp³-hybridized carbons (Fsp3) is 0.947. The number of hydrogen-bond donors (Lipinski definition) is 0. The Balaban J connectivity index is 2.46. The van der Waals surface area contributed by atoms with Crippen molar-refractivity contribution in [3.63, 3.8) is 0 Å². The number of ether oxygens (including phenoxy) is 4. The van der Waals surface area contributed by atoms with Gasteiger partial charge in [-0.05, 0) is 100 Å². The molecule has 0 aromatic heterocycles. The van der Waals surface area contributed by atoms with Gasteiger partial charge < -0.3 is 27.8 Å². The molecule has 2 saturated heterocycles. The van der Waals surface area contributed by atoms with Crippen LogP contribution in [0.25, 0.3) is 0 Å². The van der Waals surface area contributed by atoms with Crippen LogP contribution in [0, 0.1) is 0 Å². The summed E-state index contributed by atoms with van der Waals surface area (Å²) in [5.74, 6) is 0. The van der Waals surface area contributed by atoms with Gasteiger partial charge >= 0.3 is 12.2 Å². The summed E-state index contributed by atoms with van der Waals surface area (Å²) in [4.78, 5) is 27.5. The van der Waals surface area contributed by atoms with E-state index in [0.717, 1.165) is 64.5 Å². The van der Waals surface area contributed by atoms with Crippen LogP contribution in [-0.4, -0.2) is 141 Å². The molecule has 0 aliphatic carbocycles. The van der Waals surface area contributed by atoms with Crippen molar-refractivity contribution in [3.8, 4) is 0 Å². The van der Waals surface area contributed by atoms with Crippen LogP contribution >= 0.6 is 0 Å². The molecule has 0 aromatic rings. The first kappa shape index (κ1) is 46.9. The lowest BCUT2D eigenvalue weighted by molar-refractivity contribution is -0.0860. The molecule has 0 bridgehead atoms. The first-order valence-corrected chi connectivity index (χ1v) is 25.6. The maximum absolute atomic E-state index is 13.7. The normalized spacial score (nSPS) is 20.6. The highest BCUT2D eigenvalue weighted by atomic mass is 28.4. The molecule has 2 aliphatic rings. The second-order valence-electron chi connectivity index (χ2n) is 17.8. The van der Waals surface area contributed by atoms with E-state index in [1.54, 1.807) is 14.2 Å². The number of rotatable bonds is 21. The molecule has 14 heteroatoms. The monoisotopic (exact) mass is 775 g/mol. The van der Waals surface area contributed by atoms with Gasteiger partial charge in [-0.2, -0.15) is 0 Å². The molecule has 4 atom stereocenters.